The Hall–Kier alpha value is -2.64. The second-order valence-corrected chi connectivity index (χ2v) is 6.50. The standard InChI is InChI=1S/C18H17ClN4O3/c19-13-3-4-17(26-11-15-2-1-7-25-15)16(9-13)21-18(24)12-5-6-23-14(8-12)10-20-22-23/h3-6,8-10,15H,1-2,7,11H2,(H,21,24). The molecule has 1 atom stereocenters. The lowest BCUT2D eigenvalue weighted by Gasteiger charge is -2.15. The lowest BCUT2D eigenvalue weighted by Crippen LogP contribution is -2.18. The third-order valence-corrected chi connectivity index (χ3v) is 4.44. The second-order valence-electron chi connectivity index (χ2n) is 6.06. The van der Waals surface area contributed by atoms with Crippen molar-refractivity contribution in [2.45, 2.75) is 18.9 Å². The van der Waals surface area contributed by atoms with Gasteiger partial charge in [0, 0.05) is 23.4 Å². The Labute approximate surface area is 154 Å². The Kier molecular flexibility index (Phi) is 4.73. The summed E-state index contributed by atoms with van der Waals surface area (Å²) >= 11 is 6.09. The number of ether oxygens (including phenoxy) is 2. The molecule has 3 heterocycles. The van der Waals surface area contributed by atoms with Crippen molar-refractivity contribution in [3.63, 3.8) is 0 Å². The molecule has 1 N–H and O–H groups in total. The van der Waals surface area contributed by atoms with Crippen LogP contribution in [0.1, 0.15) is 23.2 Å². The summed E-state index contributed by atoms with van der Waals surface area (Å²) < 4.78 is 13.0. The normalized spacial score (nSPS) is 16.7. The fourth-order valence-corrected chi connectivity index (χ4v) is 3.02. The first kappa shape index (κ1) is 16.8. The maximum absolute atomic E-state index is 12.6. The number of amides is 1. The molecule has 0 aliphatic carbocycles. The zero-order valence-corrected chi connectivity index (χ0v) is 14.6. The maximum atomic E-state index is 12.6. The Morgan fingerprint density at radius 2 is 2.31 bits per heavy atom. The number of pyridine rings is 1. The summed E-state index contributed by atoms with van der Waals surface area (Å²) in [4.78, 5) is 12.6. The summed E-state index contributed by atoms with van der Waals surface area (Å²) in [5, 5.41) is 11.1. The molecule has 1 unspecified atom stereocenters. The van der Waals surface area contributed by atoms with Crippen molar-refractivity contribution in [2.75, 3.05) is 18.5 Å². The molecule has 0 saturated carbocycles. The predicted octanol–water partition coefficient (Wildman–Crippen LogP) is 3.19. The summed E-state index contributed by atoms with van der Waals surface area (Å²) in [6, 6.07) is 8.54. The van der Waals surface area contributed by atoms with E-state index in [4.69, 9.17) is 21.1 Å². The molecule has 0 spiro atoms. The number of aromatic nitrogens is 3. The summed E-state index contributed by atoms with van der Waals surface area (Å²) in [6.07, 6.45) is 5.39. The lowest BCUT2D eigenvalue weighted by molar-refractivity contribution is 0.0682. The van der Waals surface area contributed by atoms with Crippen molar-refractivity contribution in [3.8, 4) is 5.75 Å². The Bertz CT molecular complexity index is 937. The zero-order valence-electron chi connectivity index (χ0n) is 13.9. The molecule has 1 fully saturated rings. The van der Waals surface area contributed by atoms with Gasteiger partial charge in [0.15, 0.2) is 0 Å². The van der Waals surface area contributed by atoms with Crippen LogP contribution < -0.4 is 10.1 Å². The first-order valence-corrected chi connectivity index (χ1v) is 8.72. The highest BCUT2D eigenvalue weighted by atomic mass is 35.5. The van der Waals surface area contributed by atoms with Crippen LogP contribution in [-0.2, 0) is 4.74 Å². The highest BCUT2D eigenvalue weighted by Crippen LogP contribution is 2.29. The minimum Gasteiger partial charge on any atom is -0.489 e. The number of nitrogens with zero attached hydrogens (tertiary/aromatic N) is 3. The second kappa shape index (κ2) is 7.31. The molecule has 8 heteroatoms. The number of anilines is 1. The molecule has 134 valence electrons. The van der Waals surface area contributed by atoms with Crippen molar-refractivity contribution < 1.29 is 14.3 Å². The van der Waals surface area contributed by atoms with Crippen LogP contribution in [0.25, 0.3) is 5.52 Å². The molecule has 3 aromatic rings. The SMILES string of the molecule is O=C(Nc1cc(Cl)ccc1OCC1CCCO1)c1ccn2nncc2c1. The van der Waals surface area contributed by atoms with E-state index in [0.29, 0.717) is 28.6 Å². The topological polar surface area (TPSA) is 77.8 Å². The Morgan fingerprint density at radius 1 is 1.38 bits per heavy atom. The number of carbonyl (C=O) groups is 1. The summed E-state index contributed by atoms with van der Waals surface area (Å²) in [5.74, 6) is 0.295. The number of rotatable bonds is 5. The van der Waals surface area contributed by atoms with E-state index < -0.39 is 0 Å². The van der Waals surface area contributed by atoms with Crippen LogP contribution in [0.3, 0.4) is 0 Å². The maximum Gasteiger partial charge on any atom is 0.255 e. The molecule has 1 amide bonds. The number of carbonyl (C=O) groups excluding carboxylic acids is 1. The van der Waals surface area contributed by atoms with Gasteiger partial charge in [0.2, 0.25) is 0 Å². The molecule has 7 nitrogen and oxygen atoms in total. The average Bonchev–Trinajstić information content (AvgIpc) is 3.32. The molecule has 0 bridgehead atoms. The smallest absolute Gasteiger partial charge is 0.255 e. The van der Waals surface area contributed by atoms with Crippen LogP contribution in [0.4, 0.5) is 5.69 Å². The Morgan fingerprint density at radius 3 is 3.15 bits per heavy atom. The van der Waals surface area contributed by atoms with E-state index in [1.807, 2.05) is 0 Å². The minimum absolute atomic E-state index is 0.0889. The highest BCUT2D eigenvalue weighted by molar-refractivity contribution is 6.31. The van der Waals surface area contributed by atoms with Crippen LogP contribution in [0.2, 0.25) is 5.02 Å². The number of benzene rings is 1. The van der Waals surface area contributed by atoms with Gasteiger partial charge in [-0.05, 0) is 43.2 Å². The van der Waals surface area contributed by atoms with E-state index in [1.165, 1.54) is 0 Å². The number of nitrogens with one attached hydrogen (secondary N) is 1. The highest BCUT2D eigenvalue weighted by Gasteiger charge is 2.18. The van der Waals surface area contributed by atoms with E-state index in [2.05, 4.69) is 15.6 Å². The third kappa shape index (κ3) is 3.63. The Balaban J connectivity index is 1.51. The summed E-state index contributed by atoms with van der Waals surface area (Å²) in [5.41, 5.74) is 1.75. The molecule has 2 aromatic heterocycles. The molecule has 26 heavy (non-hydrogen) atoms. The third-order valence-electron chi connectivity index (χ3n) is 4.20. The molecule has 0 radical (unpaired) electrons. The van der Waals surface area contributed by atoms with E-state index in [0.717, 1.165) is 25.0 Å². The molecule has 1 aliphatic heterocycles. The van der Waals surface area contributed by atoms with Gasteiger partial charge in [-0.3, -0.25) is 4.79 Å². The molecule has 1 aromatic carbocycles. The minimum atomic E-state index is -0.266. The van der Waals surface area contributed by atoms with E-state index in [9.17, 15) is 4.79 Å². The first-order chi connectivity index (χ1) is 12.7. The van der Waals surface area contributed by atoms with Crippen LogP contribution >= 0.6 is 11.6 Å². The quantitative estimate of drug-likeness (QED) is 0.744. The fraction of sp³-hybridized carbons (Fsp3) is 0.278. The van der Waals surface area contributed by atoms with Gasteiger partial charge in [0.05, 0.1) is 23.5 Å². The van der Waals surface area contributed by atoms with Crippen molar-refractivity contribution in [1.82, 2.24) is 14.8 Å². The van der Waals surface area contributed by atoms with E-state index in [1.54, 1.807) is 47.2 Å². The van der Waals surface area contributed by atoms with Gasteiger partial charge in [-0.2, -0.15) is 0 Å². The van der Waals surface area contributed by atoms with Gasteiger partial charge in [0.25, 0.3) is 5.91 Å². The van der Waals surface area contributed by atoms with Crippen LogP contribution in [0.5, 0.6) is 5.75 Å². The van der Waals surface area contributed by atoms with Gasteiger partial charge in [0.1, 0.15) is 12.4 Å². The van der Waals surface area contributed by atoms with E-state index >= 15 is 0 Å². The van der Waals surface area contributed by atoms with Crippen molar-refractivity contribution in [3.05, 3.63) is 53.3 Å². The molecule has 1 aliphatic rings. The van der Waals surface area contributed by atoms with Crippen molar-refractivity contribution in [1.29, 1.82) is 0 Å². The molecular weight excluding hydrogens is 356 g/mol. The summed E-state index contributed by atoms with van der Waals surface area (Å²) in [6.45, 7) is 1.21. The largest absolute Gasteiger partial charge is 0.489 e. The molecule has 4 rings (SSSR count). The molecular formula is C18H17ClN4O3. The number of hydrogen-bond donors (Lipinski definition) is 1. The lowest BCUT2D eigenvalue weighted by atomic mass is 10.2. The first-order valence-electron chi connectivity index (χ1n) is 8.34. The van der Waals surface area contributed by atoms with Gasteiger partial charge < -0.3 is 14.8 Å². The van der Waals surface area contributed by atoms with Gasteiger partial charge in [-0.1, -0.05) is 16.8 Å². The van der Waals surface area contributed by atoms with Gasteiger partial charge in [-0.25, -0.2) is 4.52 Å². The van der Waals surface area contributed by atoms with Crippen LogP contribution in [-0.4, -0.2) is 40.1 Å². The number of halogens is 1. The monoisotopic (exact) mass is 372 g/mol. The van der Waals surface area contributed by atoms with Crippen molar-refractivity contribution >= 4 is 28.7 Å². The van der Waals surface area contributed by atoms with Crippen LogP contribution in [0.15, 0.2) is 42.7 Å². The van der Waals surface area contributed by atoms with Crippen molar-refractivity contribution in [2.24, 2.45) is 0 Å². The molecule has 1 saturated heterocycles. The van der Waals surface area contributed by atoms with E-state index in [-0.39, 0.29) is 12.0 Å². The average molecular weight is 373 g/mol. The van der Waals surface area contributed by atoms with Gasteiger partial charge >= 0.3 is 0 Å². The number of fused-ring (bicyclic) bond motifs is 1. The summed E-state index contributed by atoms with van der Waals surface area (Å²) in [7, 11) is 0. The predicted molar refractivity (Wildman–Crippen MR) is 96.9 cm³/mol. The van der Waals surface area contributed by atoms with Gasteiger partial charge in [-0.15, -0.1) is 5.10 Å². The zero-order chi connectivity index (χ0) is 17.9. The fourth-order valence-electron chi connectivity index (χ4n) is 2.85. The number of hydrogen-bond acceptors (Lipinski definition) is 5. The van der Waals surface area contributed by atoms with Crippen LogP contribution in [0, 0.1) is 0 Å².